The Kier molecular flexibility index (Phi) is 3.87. The fourth-order valence-electron chi connectivity index (χ4n) is 3.88. The van der Waals surface area contributed by atoms with Gasteiger partial charge >= 0.3 is 0 Å². The molecule has 2 heterocycles. The van der Waals surface area contributed by atoms with Crippen molar-refractivity contribution in [1.29, 1.82) is 0 Å². The predicted molar refractivity (Wildman–Crippen MR) is 95.4 cm³/mol. The summed E-state index contributed by atoms with van der Waals surface area (Å²) < 4.78 is 5.84. The van der Waals surface area contributed by atoms with Gasteiger partial charge in [-0.2, -0.15) is 0 Å². The molecule has 1 aliphatic heterocycles. The fourth-order valence-corrected chi connectivity index (χ4v) is 3.88. The number of likely N-dealkylation sites (tertiary alicyclic amines) is 1. The number of benzene rings is 1. The van der Waals surface area contributed by atoms with Crippen molar-refractivity contribution in [1.82, 2.24) is 10.2 Å². The van der Waals surface area contributed by atoms with E-state index in [0.717, 1.165) is 35.2 Å². The fraction of sp³-hybridized carbons (Fsp3) is 0.550. The van der Waals surface area contributed by atoms with E-state index in [1.165, 1.54) is 38.8 Å². The molecule has 0 radical (unpaired) electrons. The quantitative estimate of drug-likeness (QED) is 0.912. The van der Waals surface area contributed by atoms with Crippen molar-refractivity contribution < 1.29 is 9.21 Å². The van der Waals surface area contributed by atoms with E-state index in [9.17, 15) is 4.79 Å². The third kappa shape index (κ3) is 2.95. The van der Waals surface area contributed by atoms with Crippen molar-refractivity contribution in [3.8, 4) is 0 Å². The van der Waals surface area contributed by atoms with Crippen LogP contribution in [0.15, 0.2) is 22.6 Å². The first kappa shape index (κ1) is 15.7. The molecule has 24 heavy (non-hydrogen) atoms. The Morgan fingerprint density at radius 1 is 1.25 bits per heavy atom. The molecular weight excluding hydrogens is 300 g/mol. The van der Waals surface area contributed by atoms with Crippen LogP contribution in [0.1, 0.15) is 47.4 Å². The highest BCUT2D eigenvalue weighted by atomic mass is 16.3. The summed E-state index contributed by atoms with van der Waals surface area (Å²) in [4.78, 5) is 15.2. The zero-order valence-corrected chi connectivity index (χ0v) is 14.7. The van der Waals surface area contributed by atoms with Crippen LogP contribution in [0.25, 0.3) is 11.0 Å². The van der Waals surface area contributed by atoms with Crippen molar-refractivity contribution in [3.63, 3.8) is 0 Å². The lowest BCUT2D eigenvalue weighted by atomic mass is 10.1. The molecule has 4 heteroatoms. The Labute approximate surface area is 143 Å². The van der Waals surface area contributed by atoms with E-state index in [1.54, 1.807) is 0 Å². The maximum Gasteiger partial charge on any atom is 0.287 e. The molecule has 1 N–H and O–H groups in total. The second kappa shape index (κ2) is 5.92. The molecule has 2 fully saturated rings. The number of hydrogen-bond acceptors (Lipinski definition) is 3. The lowest BCUT2D eigenvalue weighted by molar-refractivity contribution is 0.0913. The number of carbonyl (C=O) groups excluding carboxylic acids is 1. The number of rotatable bonds is 5. The van der Waals surface area contributed by atoms with E-state index in [-0.39, 0.29) is 5.91 Å². The number of fused-ring (bicyclic) bond motifs is 1. The summed E-state index contributed by atoms with van der Waals surface area (Å²) in [6.07, 6.45) is 5.09. The van der Waals surface area contributed by atoms with Gasteiger partial charge in [-0.05, 0) is 64.3 Å². The molecule has 1 saturated carbocycles. The van der Waals surface area contributed by atoms with Crippen LogP contribution in [0.4, 0.5) is 0 Å². The van der Waals surface area contributed by atoms with Crippen LogP contribution >= 0.6 is 0 Å². The van der Waals surface area contributed by atoms with Gasteiger partial charge in [0.2, 0.25) is 0 Å². The Hall–Kier alpha value is -1.81. The molecule has 128 valence electrons. The van der Waals surface area contributed by atoms with Crippen LogP contribution in [-0.4, -0.2) is 37.0 Å². The van der Waals surface area contributed by atoms with Crippen molar-refractivity contribution in [3.05, 3.63) is 35.1 Å². The molecule has 1 aromatic heterocycles. The first-order chi connectivity index (χ1) is 11.6. The van der Waals surface area contributed by atoms with Gasteiger partial charge in [-0.25, -0.2) is 0 Å². The average molecular weight is 326 g/mol. The first-order valence-corrected chi connectivity index (χ1v) is 9.07. The van der Waals surface area contributed by atoms with Gasteiger partial charge in [0.25, 0.3) is 5.91 Å². The van der Waals surface area contributed by atoms with Crippen molar-refractivity contribution in [2.45, 2.75) is 39.5 Å². The standard InChI is InChI=1S/C20H26N2O2/c1-14-5-6-16-15(2)18(24-17(16)11-14)19(23)21-12-20(7-8-20)13-22-9-3-4-10-22/h5-6,11H,3-4,7-10,12-13H2,1-2H3,(H,21,23). The highest BCUT2D eigenvalue weighted by Gasteiger charge is 2.44. The summed E-state index contributed by atoms with van der Waals surface area (Å²) in [5, 5.41) is 4.16. The minimum absolute atomic E-state index is 0.0750. The molecule has 0 bridgehead atoms. The van der Waals surface area contributed by atoms with E-state index in [4.69, 9.17) is 4.42 Å². The third-order valence-corrected chi connectivity index (χ3v) is 5.64. The molecular formula is C20H26N2O2. The summed E-state index contributed by atoms with van der Waals surface area (Å²) >= 11 is 0. The molecule has 4 nitrogen and oxygen atoms in total. The molecule has 0 spiro atoms. The van der Waals surface area contributed by atoms with Crippen LogP contribution in [0.2, 0.25) is 0 Å². The van der Waals surface area contributed by atoms with Crippen LogP contribution in [0, 0.1) is 19.3 Å². The van der Waals surface area contributed by atoms with E-state index < -0.39 is 0 Å². The number of amides is 1. The monoisotopic (exact) mass is 326 g/mol. The highest BCUT2D eigenvalue weighted by molar-refractivity contribution is 5.99. The van der Waals surface area contributed by atoms with E-state index in [1.807, 2.05) is 26.0 Å². The normalized spacial score (nSPS) is 19.8. The summed E-state index contributed by atoms with van der Waals surface area (Å²) in [6.45, 7) is 8.33. The largest absolute Gasteiger partial charge is 0.451 e. The van der Waals surface area contributed by atoms with E-state index >= 15 is 0 Å². The zero-order chi connectivity index (χ0) is 16.7. The number of nitrogens with zero attached hydrogens (tertiary/aromatic N) is 1. The van der Waals surface area contributed by atoms with E-state index in [0.29, 0.717) is 11.2 Å². The molecule has 1 aromatic carbocycles. The number of hydrogen-bond donors (Lipinski definition) is 1. The summed E-state index contributed by atoms with van der Waals surface area (Å²) in [5.74, 6) is 0.390. The van der Waals surface area contributed by atoms with Gasteiger partial charge in [0.1, 0.15) is 5.58 Å². The molecule has 4 rings (SSSR count). The second-order valence-electron chi connectivity index (χ2n) is 7.72. The van der Waals surface area contributed by atoms with Crippen LogP contribution in [0.3, 0.4) is 0 Å². The van der Waals surface area contributed by atoms with Gasteiger partial charge in [0.15, 0.2) is 5.76 Å². The average Bonchev–Trinajstić information content (AvgIpc) is 2.98. The molecule has 0 unspecified atom stereocenters. The Morgan fingerprint density at radius 2 is 2.00 bits per heavy atom. The lowest BCUT2D eigenvalue weighted by Gasteiger charge is -2.23. The summed E-state index contributed by atoms with van der Waals surface area (Å²) in [6, 6.07) is 6.09. The van der Waals surface area contributed by atoms with Crippen LogP contribution in [-0.2, 0) is 0 Å². The van der Waals surface area contributed by atoms with Crippen molar-refractivity contribution in [2.24, 2.45) is 5.41 Å². The molecule has 1 amide bonds. The molecule has 1 aliphatic carbocycles. The lowest BCUT2D eigenvalue weighted by Crippen LogP contribution is -2.37. The molecule has 2 aliphatic rings. The van der Waals surface area contributed by atoms with Crippen molar-refractivity contribution in [2.75, 3.05) is 26.2 Å². The Bertz CT molecular complexity index is 767. The molecule has 2 aromatic rings. The topological polar surface area (TPSA) is 45.5 Å². The number of nitrogens with one attached hydrogen (secondary N) is 1. The van der Waals surface area contributed by atoms with Crippen LogP contribution < -0.4 is 5.32 Å². The van der Waals surface area contributed by atoms with Gasteiger partial charge in [-0.1, -0.05) is 12.1 Å². The van der Waals surface area contributed by atoms with Gasteiger partial charge < -0.3 is 14.6 Å². The SMILES string of the molecule is Cc1ccc2c(C)c(C(=O)NCC3(CN4CCCC4)CC3)oc2c1. The molecule has 0 atom stereocenters. The zero-order valence-electron chi connectivity index (χ0n) is 14.7. The maximum absolute atomic E-state index is 12.6. The highest BCUT2D eigenvalue weighted by Crippen LogP contribution is 2.46. The smallest absolute Gasteiger partial charge is 0.287 e. The Morgan fingerprint density at radius 3 is 2.71 bits per heavy atom. The third-order valence-electron chi connectivity index (χ3n) is 5.64. The Balaban J connectivity index is 1.44. The number of carbonyl (C=O) groups is 1. The maximum atomic E-state index is 12.6. The van der Waals surface area contributed by atoms with Gasteiger partial charge in [0, 0.05) is 29.5 Å². The summed E-state index contributed by atoms with van der Waals surface area (Å²) in [5.41, 5.74) is 3.18. The van der Waals surface area contributed by atoms with E-state index in [2.05, 4.69) is 16.3 Å². The predicted octanol–water partition coefficient (Wildman–Crippen LogP) is 3.66. The number of aryl methyl sites for hydroxylation is 2. The minimum Gasteiger partial charge on any atom is -0.451 e. The van der Waals surface area contributed by atoms with Crippen molar-refractivity contribution >= 4 is 16.9 Å². The van der Waals surface area contributed by atoms with Gasteiger partial charge in [0.05, 0.1) is 0 Å². The first-order valence-electron chi connectivity index (χ1n) is 9.07. The molecule has 1 saturated heterocycles. The summed E-state index contributed by atoms with van der Waals surface area (Å²) in [7, 11) is 0. The van der Waals surface area contributed by atoms with Gasteiger partial charge in [-0.15, -0.1) is 0 Å². The van der Waals surface area contributed by atoms with Crippen LogP contribution in [0.5, 0.6) is 0 Å². The minimum atomic E-state index is -0.0750. The van der Waals surface area contributed by atoms with Gasteiger partial charge in [-0.3, -0.25) is 4.79 Å². The number of furan rings is 1. The second-order valence-corrected chi connectivity index (χ2v) is 7.72.